The molecule has 0 aliphatic heterocycles. The quantitative estimate of drug-likeness (QED) is 0.752. The molecule has 0 radical (unpaired) electrons. The summed E-state index contributed by atoms with van der Waals surface area (Å²) in [5.41, 5.74) is 1.03. The van der Waals surface area contributed by atoms with E-state index in [2.05, 4.69) is 8.75 Å². The molecule has 0 saturated heterocycles. The van der Waals surface area contributed by atoms with Crippen molar-refractivity contribution in [3.05, 3.63) is 11.9 Å². The van der Waals surface area contributed by atoms with Crippen molar-refractivity contribution in [1.82, 2.24) is 8.75 Å². The minimum absolute atomic E-state index is 0.105. The molecule has 0 unspecified atom stereocenters. The van der Waals surface area contributed by atoms with Crippen molar-refractivity contribution >= 4 is 11.7 Å². The maximum atomic E-state index is 9.54. The largest absolute Gasteiger partial charge is 0.393 e. The van der Waals surface area contributed by atoms with Crippen LogP contribution in [0.25, 0.3) is 0 Å². The zero-order valence-electron chi connectivity index (χ0n) is 6.81. The molecule has 2 atom stereocenters. The van der Waals surface area contributed by atoms with Crippen LogP contribution in [0.4, 0.5) is 0 Å². The topological polar surface area (TPSA) is 46.0 Å². The molecule has 66 valence electrons. The molecule has 1 heterocycles. The van der Waals surface area contributed by atoms with Crippen molar-refractivity contribution in [3.63, 3.8) is 0 Å². The minimum atomic E-state index is -0.105. The van der Waals surface area contributed by atoms with Crippen LogP contribution in [-0.4, -0.2) is 20.0 Å². The second-order valence-corrected chi connectivity index (χ2v) is 3.92. The van der Waals surface area contributed by atoms with Crippen molar-refractivity contribution in [2.45, 2.75) is 31.8 Å². The van der Waals surface area contributed by atoms with Gasteiger partial charge in [-0.05, 0) is 25.2 Å². The van der Waals surface area contributed by atoms with Crippen LogP contribution in [-0.2, 0) is 6.42 Å². The van der Waals surface area contributed by atoms with Crippen LogP contribution in [0.3, 0.4) is 0 Å². The van der Waals surface area contributed by atoms with Gasteiger partial charge >= 0.3 is 0 Å². The van der Waals surface area contributed by atoms with Gasteiger partial charge in [-0.15, -0.1) is 0 Å². The van der Waals surface area contributed by atoms with Crippen LogP contribution in [0, 0.1) is 5.92 Å². The third kappa shape index (κ3) is 1.64. The van der Waals surface area contributed by atoms with Gasteiger partial charge in [0, 0.05) is 0 Å². The summed E-state index contributed by atoms with van der Waals surface area (Å²) in [4.78, 5) is 0. The first-order valence-corrected chi connectivity index (χ1v) is 5.04. The Morgan fingerprint density at radius 1 is 1.58 bits per heavy atom. The molecule has 1 saturated carbocycles. The normalized spacial score (nSPS) is 29.4. The van der Waals surface area contributed by atoms with Crippen molar-refractivity contribution in [3.8, 4) is 0 Å². The molecule has 1 aromatic heterocycles. The number of aliphatic hydroxyl groups is 1. The Labute approximate surface area is 75.8 Å². The van der Waals surface area contributed by atoms with E-state index in [0.29, 0.717) is 5.92 Å². The van der Waals surface area contributed by atoms with Gasteiger partial charge in [-0.25, -0.2) is 0 Å². The van der Waals surface area contributed by atoms with Gasteiger partial charge in [0.25, 0.3) is 0 Å². The first kappa shape index (κ1) is 8.13. The summed E-state index contributed by atoms with van der Waals surface area (Å²) in [5.74, 6) is 0.425. The highest BCUT2D eigenvalue weighted by Gasteiger charge is 2.25. The zero-order valence-corrected chi connectivity index (χ0v) is 7.63. The van der Waals surface area contributed by atoms with Gasteiger partial charge in [-0.2, -0.15) is 8.75 Å². The fraction of sp³-hybridized carbons (Fsp3) is 0.750. The van der Waals surface area contributed by atoms with Crippen LogP contribution >= 0.6 is 11.7 Å². The van der Waals surface area contributed by atoms with E-state index in [1.54, 1.807) is 6.20 Å². The Balaban J connectivity index is 1.95. The molecule has 12 heavy (non-hydrogen) atoms. The summed E-state index contributed by atoms with van der Waals surface area (Å²) in [5, 5.41) is 9.54. The summed E-state index contributed by atoms with van der Waals surface area (Å²) in [7, 11) is 0. The fourth-order valence-corrected chi connectivity index (χ4v) is 2.24. The summed E-state index contributed by atoms with van der Waals surface area (Å²) < 4.78 is 8.07. The molecule has 1 aliphatic carbocycles. The number of hydrogen-bond donors (Lipinski definition) is 1. The van der Waals surface area contributed by atoms with Crippen LogP contribution in [0.15, 0.2) is 6.20 Å². The molecule has 1 aromatic rings. The molecule has 2 rings (SSSR count). The molecule has 0 aromatic carbocycles. The molecule has 1 fully saturated rings. The van der Waals surface area contributed by atoms with E-state index >= 15 is 0 Å². The first-order chi connectivity index (χ1) is 5.86. The highest BCUT2D eigenvalue weighted by molar-refractivity contribution is 6.99. The Kier molecular flexibility index (Phi) is 2.37. The lowest BCUT2D eigenvalue weighted by atomic mass is 10.0. The third-order valence-corrected chi connectivity index (χ3v) is 3.01. The zero-order chi connectivity index (χ0) is 8.39. The Bertz CT molecular complexity index is 237. The van der Waals surface area contributed by atoms with Gasteiger partial charge in [0.05, 0.1) is 29.7 Å². The van der Waals surface area contributed by atoms with Crippen LogP contribution < -0.4 is 0 Å². The van der Waals surface area contributed by atoms with E-state index in [1.807, 2.05) is 0 Å². The van der Waals surface area contributed by atoms with Crippen molar-refractivity contribution < 1.29 is 5.11 Å². The Hall–Kier alpha value is -0.480. The van der Waals surface area contributed by atoms with E-state index in [0.717, 1.165) is 31.4 Å². The van der Waals surface area contributed by atoms with E-state index in [-0.39, 0.29) is 6.10 Å². The maximum Gasteiger partial charge on any atom is 0.0746 e. The lowest BCUT2D eigenvalue weighted by Crippen LogP contribution is -2.15. The highest BCUT2D eigenvalue weighted by atomic mass is 32.1. The Morgan fingerprint density at radius 2 is 2.50 bits per heavy atom. The summed E-state index contributed by atoms with van der Waals surface area (Å²) in [6, 6.07) is 0. The van der Waals surface area contributed by atoms with E-state index in [9.17, 15) is 5.11 Å². The van der Waals surface area contributed by atoms with Crippen molar-refractivity contribution in [2.75, 3.05) is 0 Å². The molecule has 3 nitrogen and oxygen atoms in total. The number of aromatic nitrogens is 2. The van der Waals surface area contributed by atoms with E-state index in [1.165, 1.54) is 11.7 Å². The van der Waals surface area contributed by atoms with Crippen LogP contribution in [0.1, 0.15) is 25.0 Å². The predicted octanol–water partition coefficient (Wildman–Crippen LogP) is 1.24. The van der Waals surface area contributed by atoms with Gasteiger partial charge in [-0.3, -0.25) is 0 Å². The molecular weight excluding hydrogens is 172 g/mol. The van der Waals surface area contributed by atoms with Gasteiger partial charge in [0.2, 0.25) is 0 Å². The summed E-state index contributed by atoms with van der Waals surface area (Å²) >= 11 is 1.24. The predicted molar refractivity (Wildman–Crippen MR) is 47.0 cm³/mol. The molecular formula is C8H12N2OS. The molecule has 0 bridgehead atoms. The second kappa shape index (κ2) is 3.49. The molecule has 4 heteroatoms. The lowest BCUT2D eigenvalue weighted by Gasteiger charge is -2.11. The van der Waals surface area contributed by atoms with E-state index in [4.69, 9.17) is 0 Å². The first-order valence-electron chi connectivity index (χ1n) is 4.31. The smallest absolute Gasteiger partial charge is 0.0746 e. The van der Waals surface area contributed by atoms with E-state index < -0.39 is 0 Å². The average Bonchev–Trinajstić information content (AvgIpc) is 2.65. The molecule has 0 spiro atoms. The SMILES string of the molecule is O[C@@H]1CCC[C@H]1Cc1cnsn1. The molecule has 0 amide bonds. The summed E-state index contributed by atoms with van der Waals surface area (Å²) in [6.07, 6.45) is 5.85. The Morgan fingerprint density at radius 3 is 3.08 bits per heavy atom. The average molecular weight is 184 g/mol. The standard InChI is InChI=1S/C8H12N2OS/c11-8-3-1-2-6(8)4-7-5-9-12-10-7/h5-6,8,11H,1-4H2/t6-,8+/m0/s1. The number of nitrogens with zero attached hydrogens (tertiary/aromatic N) is 2. The molecule has 1 N–H and O–H groups in total. The van der Waals surface area contributed by atoms with Gasteiger partial charge in [0.1, 0.15) is 0 Å². The highest BCUT2D eigenvalue weighted by Crippen LogP contribution is 2.28. The van der Waals surface area contributed by atoms with Gasteiger partial charge < -0.3 is 5.11 Å². The lowest BCUT2D eigenvalue weighted by molar-refractivity contribution is 0.132. The third-order valence-electron chi connectivity index (χ3n) is 2.50. The van der Waals surface area contributed by atoms with Gasteiger partial charge in [-0.1, -0.05) is 6.42 Å². The van der Waals surface area contributed by atoms with Crippen LogP contribution in [0.2, 0.25) is 0 Å². The second-order valence-electron chi connectivity index (χ2n) is 3.36. The molecule has 1 aliphatic rings. The maximum absolute atomic E-state index is 9.54. The monoisotopic (exact) mass is 184 g/mol. The van der Waals surface area contributed by atoms with Crippen molar-refractivity contribution in [1.29, 1.82) is 0 Å². The van der Waals surface area contributed by atoms with Crippen molar-refractivity contribution in [2.24, 2.45) is 5.92 Å². The van der Waals surface area contributed by atoms with Gasteiger partial charge in [0.15, 0.2) is 0 Å². The number of hydrogen-bond acceptors (Lipinski definition) is 4. The number of rotatable bonds is 2. The number of aliphatic hydroxyl groups excluding tert-OH is 1. The van der Waals surface area contributed by atoms with Crippen LogP contribution in [0.5, 0.6) is 0 Å². The summed E-state index contributed by atoms with van der Waals surface area (Å²) in [6.45, 7) is 0. The fourth-order valence-electron chi connectivity index (χ4n) is 1.80. The minimum Gasteiger partial charge on any atom is -0.393 e.